The number of hydrogen-bond donors (Lipinski definition) is 0. The molecule has 0 aromatic rings. The first-order valence-electron chi connectivity index (χ1n) is 27.0. The maximum Gasteiger partial charge on any atom is 0.306 e. The number of unbranched alkanes of at least 4 members (excludes halogenated alkanes) is 39. The molecule has 1 atom stereocenters. The second-order valence-corrected chi connectivity index (χ2v) is 18.5. The van der Waals surface area contributed by atoms with Crippen molar-refractivity contribution in [2.75, 3.05) is 13.2 Å². The average molecular weight is 849 g/mol. The number of carbonyl (C=O) groups is 3. The van der Waals surface area contributed by atoms with Gasteiger partial charge in [0, 0.05) is 19.3 Å². The van der Waals surface area contributed by atoms with Gasteiger partial charge in [-0.2, -0.15) is 0 Å². The fourth-order valence-electron chi connectivity index (χ4n) is 8.27. The summed E-state index contributed by atoms with van der Waals surface area (Å²) in [6.07, 6.45) is 53.8. The van der Waals surface area contributed by atoms with Gasteiger partial charge >= 0.3 is 17.9 Å². The van der Waals surface area contributed by atoms with E-state index in [1.807, 2.05) is 0 Å². The summed E-state index contributed by atoms with van der Waals surface area (Å²) in [6, 6.07) is 0. The van der Waals surface area contributed by atoms with Gasteiger partial charge in [-0.25, -0.2) is 0 Å². The highest BCUT2D eigenvalue weighted by Gasteiger charge is 2.19. The van der Waals surface area contributed by atoms with E-state index in [9.17, 15) is 14.4 Å². The Labute approximate surface area is 374 Å². The lowest BCUT2D eigenvalue weighted by molar-refractivity contribution is -0.167. The van der Waals surface area contributed by atoms with Crippen LogP contribution in [0.25, 0.3) is 0 Å². The van der Waals surface area contributed by atoms with Crippen molar-refractivity contribution in [3.05, 3.63) is 0 Å². The zero-order valence-corrected chi connectivity index (χ0v) is 40.8. The maximum absolute atomic E-state index is 12.7. The molecule has 356 valence electrons. The Morgan fingerprint density at radius 2 is 0.450 bits per heavy atom. The maximum atomic E-state index is 12.7. The minimum Gasteiger partial charge on any atom is -0.462 e. The third-order valence-corrected chi connectivity index (χ3v) is 12.4. The van der Waals surface area contributed by atoms with Crippen LogP contribution in [0.1, 0.15) is 310 Å². The molecule has 0 aliphatic rings. The van der Waals surface area contributed by atoms with E-state index < -0.39 is 6.10 Å². The fraction of sp³-hybridized carbons (Fsp3) is 0.944. The standard InChI is InChI=1S/C54H104O6/c1-4-7-10-13-16-19-22-23-24-25-26-27-28-29-30-31-33-35-38-41-44-47-53(56)59-50-51(49-58-52(55)46-43-40-37-34-21-18-15-12-9-6-3)60-54(57)48-45-42-39-36-32-20-17-14-11-8-5-2/h51H,4-50H2,1-3H3. The molecular weight excluding hydrogens is 745 g/mol. The van der Waals surface area contributed by atoms with Gasteiger partial charge in [-0.15, -0.1) is 0 Å². The SMILES string of the molecule is CCCCCCCCCCCCCCCCCCCCCCCC(=O)OCC(COC(=O)CCCCCCCCCCCC)OC(=O)CCCCCCCCCCCCC. The van der Waals surface area contributed by atoms with Crippen LogP contribution in [0.2, 0.25) is 0 Å². The molecule has 0 radical (unpaired) electrons. The summed E-state index contributed by atoms with van der Waals surface area (Å²) >= 11 is 0. The Morgan fingerprint density at radius 1 is 0.267 bits per heavy atom. The molecule has 0 saturated carbocycles. The van der Waals surface area contributed by atoms with Gasteiger partial charge in [0.05, 0.1) is 0 Å². The number of esters is 3. The van der Waals surface area contributed by atoms with Gasteiger partial charge in [0.2, 0.25) is 0 Å². The van der Waals surface area contributed by atoms with E-state index in [0.717, 1.165) is 57.8 Å². The van der Waals surface area contributed by atoms with E-state index >= 15 is 0 Å². The Kier molecular flexibility index (Phi) is 48.7. The molecule has 60 heavy (non-hydrogen) atoms. The monoisotopic (exact) mass is 849 g/mol. The Hall–Kier alpha value is -1.59. The predicted octanol–water partition coefficient (Wildman–Crippen LogP) is 17.6. The van der Waals surface area contributed by atoms with E-state index in [1.165, 1.54) is 212 Å². The van der Waals surface area contributed by atoms with E-state index in [1.54, 1.807) is 0 Å². The van der Waals surface area contributed by atoms with E-state index in [2.05, 4.69) is 20.8 Å². The van der Waals surface area contributed by atoms with Crippen LogP contribution in [0.4, 0.5) is 0 Å². The minimum absolute atomic E-state index is 0.0619. The lowest BCUT2D eigenvalue weighted by Gasteiger charge is -2.18. The highest BCUT2D eigenvalue weighted by molar-refractivity contribution is 5.71. The molecule has 6 nitrogen and oxygen atoms in total. The zero-order valence-electron chi connectivity index (χ0n) is 40.8. The van der Waals surface area contributed by atoms with Crippen molar-refractivity contribution in [2.24, 2.45) is 0 Å². The van der Waals surface area contributed by atoms with Crippen molar-refractivity contribution < 1.29 is 28.6 Å². The number of ether oxygens (including phenoxy) is 3. The molecule has 0 rings (SSSR count). The molecule has 0 heterocycles. The molecule has 0 amide bonds. The van der Waals surface area contributed by atoms with Gasteiger partial charge in [-0.05, 0) is 19.3 Å². The van der Waals surface area contributed by atoms with Crippen LogP contribution in [-0.4, -0.2) is 37.2 Å². The van der Waals surface area contributed by atoms with Crippen molar-refractivity contribution in [1.82, 2.24) is 0 Å². The average Bonchev–Trinajstić information content (AvgIpc) is 3.24. The van der Waals surface area contributed by atoms with E-state index in [-0.39, 0.29) is 31.1 Å². The first-order valence-corrected chi connectivity index (χ1v) is 27.0. The number of hydrogen-bond acceptors (Lipinski definition) is 6. The molecule has 0 bridgehead atoms. The Balaban J connectivity index is 4.16. The van der Waals surface area contributed by atoms with Crippen LogP contribution in [0.5, 0.6) is 0 Å². The Bertz CT molecular complexity index is 889. The molecule has 0 spiro atoms. The molecule has 6 heteroatoms. The molecule has 0 aliphatic heterocycles. The van der Waals surface area contributed by atoms with Gasteiger partial charge in [0.25, 0.3) is 0 Å². The quantitative estimate of drug-likeness (QED) is 0.0345. The molecule has 0 N–H and O–H groups in total. The van der Waals surface area contributed by atoms with Crippen molar-refractivity contribution in [2.45, 2.75) is 316 Å². The van der Waals surface area contributed by atoms with Gasteiger partial charge in [-0.1, -0.05) is 271 Å². The molecule has 0 fully saturated rings. The van der Waals surface area contributed by atoms with Gasteiger partial charge < -0.3 is 14.2 Å². The van der Waals surface area contributed by atoms with Crippen LogP contribution >= 0.6 is 0 Å². The van der Waals surface area contributed by atoms with Crippen molar-refractivity contribution in [3.63, 3.8) is 0 Å². The highest BCUT2D eigenvalue weighted by Crippen LogP contribution is 2.17. The summed E-state index contributed by atoms with van der Waals surface area (Å²) in [4.78, 5) is 37.9. The first kappa shape index (κ1) is 58.4. The first-order chi connectivity index (χ1) is 29.5. The van der Waals surface area contributed by atoms with Crippen LogP contribution in [0.3, 0.4) is 0 Å². The molecule has 0 aromatic heterocycles. The Morgan fingerprint density at radius 3 is 0.667 bits per heavy atom. The van der Waals surface area contributed by atoms with E-state index in [0.29, 0.717) is 19.3 Å². The van der Waals surface area contributed by atoms with Crippen molar-refractivity contribution in [1.29, 1.82) is 0 Å². The summed E-state index contributed by atoms with van der Waals surface area (Å²) in [7, 11) is 0. The predicted molar refractivity (Wildman–Crippen MR) is 257 cm³/mol. The third-order valence-electron chi connectivity index (χ3n) is 12.4. The van der Waals surface area contributed by atoms with E-state index in [4.69, 9.17) is 14.2 Å². The topological polar surface area (TPSA) is 78.9 Å². The molecule has 0 aromatic carbocycles. The zero-order chi connectivity index (χ0) is 43.7. The van der Waals surface area contributed by atoms with Crippen LogP contribution < -0.4 is 0 Å². The molecule has 0 saturated heterocycles. The smallest absolute Gasteiger partial charge is 0.306 e. The van der Waals surface area contributed by atoms with Crippen molar-refractivity contribution in [3.8, 4) is 0 Å². The number of rotatable bonds is 50. The number of carbonyl (C=O) groups excluding carboxylic acids is 3. The summed E-state index contributed by atoms with van der Waals surface area (Å²) in [6.45, 7) is 6.67. The third kappa shape index (κ3) is 47.5. The van der Waals surface area contributed by atoms with Crippen LogP contribution in [-0.2, 0) is 28.6 Å². The van der Waals surface area contributed by atoms with Crippen molar-refractivity contribution >= 4 is 17.9 Å². The normalized spacial score (nSPS) is 11.8. The van der Waals surface area contributed by atoms with Gasteiger partial charge in [-0.3, -0.25) is 14.4 Å². The highest BCUT2D eigenvalue weighted by atomic mass is 16.6. The summed E-state index contributed by atoms with van der Waals surface area (Å²) in [5.41, 5.74) is 0. The van der Waals surface area contributed by atoms with Gasteiger partial charge in [0.15, 0.2) is 6.10 Å². The second kappa shape index (κ2) is 50.1. The largest absolute Gasteiger partial charge is 0.462 e. The summed E-state index contributed by atoms with van der Waals surface area (Å²) in [5, 5.41) is 0. The lowest BCUT2D eigenvalue weighted by atomic mass is 10.0. The second-order valence-electron chi connectivity index (χ2n) is 18.5. The molecule has 0 aliphatic carbocycles. The van der Waals surface area contributed by atoms with Crippen LogP contribution in [0, 0.1) is 0 Å². The summed E-state index contributed by atoms with van der Waals surface area (Å²) in [5.74, 6) is -0.843. The lowest BCUT2D eigenvalue weighted by Crippen LogP contribution is -2.30. The van der Waals surface area contributed by atoms with Crippen LogP contribution in [0.15, 0.2) is 0 Å². The molecular formula is C54H104O6. The minimum atomic E-state index is -0.759. The fourth-order valence-corrected chi connectivity index (χ4v) is 8.27. The van der Waals surface area contributed by atoms with Gasteiger partial charge in [0.1, 0.15) is 13.2 Å². The molecule has 1 unspecified atom stereocenters. The summed E-state index contributed by atoms with van der Waals surface area (Å²) < 4.78 is 16.8.